The van der Waals surface area contributed by atoms with Gasteiger partial charge in [-0.05, 0) is 62.4 Å². The number of rotatable bonds is 5. The van der Waals surface area contributed by atoms with Crippen LogP contribution >= 0.6 is 0 Å². The topological polar surface area (TPSA) is 51.8 Å². The second-order valence-electron chi connectivity index (χ2n) is 12.8. The second kappa shape index (κ2) is 11.2. The molecule has 10 rings (SSSR count). The molecule has 0 saturated heterocycles. The molecule has 2 heterocycles. The van der Waals surface area contributed by atoms with Gasteiger partial charge in [0.1, 0.15) is 5.58 Å². The van der Waals surface area contributed by atoms with Crippen LogP contribution < -0.4 is 0 Å². The Hall–Kier alpha value is -6.65. The summed E-state index contributed by atoms with van der Waals surface area (Å²) < 4.78 is 6.35. The molecule has 1 aliphatic carbocycles. The molecule has 0 amide bonds. The highest BCUT2D eigenvalue weighted by molar-refractivity contribution is 5.95. The minimum absolute atomic E-state index is 0.496. The van der Waals surface area contributed by atoms with Crippen molar-refractivity contribution in [3.8, 4) is 45.5 Å². The number of benzene rings is 7. The average molecular weight is 640 g/mol. The van der Waals surface area contributed by atoms with E-state index in [4.69, 9.17) is 19.4 Å². The highest BCUT2D eigenvalue weighted by Crippen LogP contribution is 2.58. The van der Waals surface area contributed by atoms with Gasteiger partial charge in [0.15, 0.2) is 23.2 Å². The van der Waals surface area contributed by atoms with Gasteiger partial charge in [0.2, 0.25) is 0 Å². The summed E-state index contributed by atoms with van der Waals surface area (Å²) in [5.41, 5.74) is 9.29. The van der Waals surface area contributed by atoms with Crippen molar-refractivity contribution >= 4 is 21.7 Å². The maximum atomic E-state index is 6.35. The molecule has 50 heavy (non-hydrogen) atoms. The summed E-state index contributed by atoms with van der Waals surface area (Å²) in [6.07, 6.45) is 0. The standard InChI is InChI=1S/C46H29N3O/c1-3-17-34(18-4-1)46(35-19-5-2-6-20-35)38-23-11-10-21-36(38)42-37(22-13-24-39(42)46)44-47-43(33-27-26-30-14-7-8-15-31(30)28-33)48-45(49-44)41-29-32-16-9-12-25-40(32)50-41/h1-29H. The number of nitrogens with zero attached hydrogens (tertiary/aromatic N) is 3. The van der Waals surface area contributed by atoms with Crippen LogP contribution in [0.15, 0.2) is 180 Å². The van der Waals surface area contributed by atoms with Gasteiger partial charge in [-0.1, -0.05) is 158 Å². The van der Waals surface area contributed by atoms with E-state index >= 15 is 0 Å². The van der Waals surface area contributed by atoms with Gasteiger partial charge < -0.3 is 4.42 Å². The highest BCUT2D eigenvalue weighted by atomic mass is 16.3. The summed E-state index contributed by atoms with van der Waals surface area (Å²) in [5, 5.41) is 3.29. The van der Waals surface area contributed by atoms with Gasteiger partial charge in [-0.3, -0.25) is 0 Å². The summed E-state index contributed by atoms with van der Waals surface area (Å²) in [7, 11) is 0. The van der Waals surface area contributed by atoms with Crippen LogP contribution in [-0.2, 0) is 5.41 Å². The molecule has 1 aliphatic rings. The number of hydrogen-bond acceptors (Lipinski definition) is 4. The van der Waals surface area contributed by atoms with Gasteiger partial charge in [-0.15, -0.1) is 0 Å². The van der Waals surface area contributed by atoms with Crippen molar-refractivity contribution in [2.45, 2.75) is 5.41 Å². The number of aromatic nitrogens is 3. The first-order valence-corrected chi connectivity index (χ1v) is 16.9. The zero-order chi connectivity index (χ0) is 33.1. The Bertz CT molecular complexity index is 2640. The smallest absolute Gasteiger partial charge is 0.199 e. The molecule has 4 heteroatoms. The van der Waals surface area contributed by atoms with Crippen LogP contribution in [0, 0.1) is 0 Å². The number of para-hydroxylation sites is 1. The number of furan rings is 1. The maximum absolute atomic E-state index is 6.35. The first-order chi connectivity index (χ1) is 24.8. The van der Waals surface area contributed by atoms with Crippen molar-refractivity contribution in [2.75, 3.05) is 0 Å². The molecule has 2 aromatic heterocycles. The van der Waals surface area contributed by atoms with Crippen LogP contribution in [0.2, 0.25) is 0 Å². The van der Waals surface area contributed by atoms with Gasteiger partial charge >= 0.3 is 0 Å². The van der Waals surface area contributed by atoms with Gasteiger partial charge in [-0.25, -0.2) is 15.0 Å². The third-order valence-electron chi connectivity index (χ3n) is 10.0. The van der Waals surface area contributed by atoms with Gasteiger partial charge in [0.25, 0.3) is 0 Å². The highest BCUT2D eigenvalue weighted by Gasteiger charge is 2.47. The minimum atomic E-state index is -0.528. The Balaban J connectivity index is 1.26. The molecule has 234 valence electrons. The Labute approximate surface area is 289 Å². The van der Waals surface area contributed by atoms with Crippen LogP contribution in [0.1, 0.15) is 22.3 Å². The molecule has 0 unspecified atom stereocenters. The fraction of sp³-hybridized carbons (Fsp3) is 0.0217. The minimum Gasteiger partial charge on any atom is -0.453 e. The van der Waals surface area contributed by atoms with E-state index in [9.17, 15) is 0 Å². The molecule has 7 aromatic carbocycles. The normalized spacial score (nSPS) is 13.0. The Morgan fingerprint density at radius 1 is 0.400 bits per heavy atom. The summed E-state index contributed by atoms with van der Waals surface area (Å²) in [6.45, 7) is 0. The largest absolute Gasteiger partial charge is 0.453 e. The molecule has 0 saturated carbocycles. The van der Waals surface area contributed by atoms with Crippen LogP contribution in [0.4, 0.5) is 0 Å². The number of hydrogen-bond donors (Lipinski definition) is 0. The third-order valence-corrected chi connectivity index (χ3v) is 10.0. The molecule has 0 N–H and O–H groups in total. The van der Waals surface area contributed by atoms with Crippen molar-refractivity contribution in [3.63, 3.8) is 0 Å². The lowest BCUT2D eigenvalue weighted by atomic mass is 9.67. The predicted molar refractivity (Wildman–Crippen MR) is 201 cm³/mol. The molecule has 0 radical (unpaired) electrons. The van der Waals surface area contributed by atoms with E-state index in [1.54, 1.807) is 0 Å². The van der Waals surface area contributed by atoms with Crippen molar-refractivity contribution in [1.82, 2.24) is 15.0 Å². The lowest BCUT2D eigenvalue weighted by molar-refractivity contribution is 0.625. The molecular weight excluding hydrogens is 611 g/mol. The molecule has 0 spiro atoms. The predicted octanol–water partition coefficient (Wildman–Crippen LogP) is 11.1. The van der Waals surface area contributed by atoms with Crippen molar-refractivity contribution in [3.05, 3.63) is 198 Å². The van der Waals surface area contributed by atoms with Gasteiger partial charge in [0, 0.05) is 16.5 Å². The molecule has 0 atom stereocenters. The van der Waals surface area contributed by atoms with Crippen LogP contribution in [-0.4, -0.2) is 15.0 Å². The maximum Gasteiger partial charge on any atom is 0.199 e. The average Bonchev–Trinajstić information content (AvgIpc) is 3.77. The van der Waals surface area contributed by atoms with E-state index < -0.39 is 5.41 Å². The molecule has 9 aromatic rings. The van der Waals surface area contributed by atoms with E-state index in [1.165, 1.54) is 33.2 Å². The van der Waals surface area contributed by atoms with Crippen molar-refractivity contribution in [1.29, 1.82) is 0 Å². The SMILES string of the molecule is c1ccc(C2(c3ccccc3)c3ccccc3-c3c(-c4nc(-c5ccc6ccccc6c5)nc(-c5cc6ccccc6o5)n4)cccc32)cc1. The van der Waals surface area contributed by atoms with E-state index in [2.05, 4.69) is 146 Å². The molecule has 0 fully saturated rings. The van der Waals surface area contributed by atoms with E-state index in [-0.39, 0.29) is 0 Å². The lowest BCUT2D eigenvalue weighted by Crippen LogP contribution is -2.28. The monoisotopic (exact) mass is 639 g/mol. The first kappa shape index (κ1) is 28.4. The van der Waals surface area contributed by atoms with Crippen molar-refractivity contribution in [2.24, 2.45) is 0 Å². The van der Waals surface area contributed by atoms with Crippen molar-refractivity contribution < 1.29 is 4.42 Å². The fourth-order valence-corrected chi connectivity index (χ4v) is 7.84. The Kier molecular flexibility index (Phi) is 6.36. The number of fused-ring (bicyclic) bond motifs is 5. The van der Waals surface area contributed by atoms with Crippen LogP contribution in [0.5, 0.6) is 0 Å². The van der Waals surface area contributed by atoms with E-state index in [0.29, 0.717) is 23.2 Å². The molecular formula is C46H29N3O. The molecule has 4 nitrogen and oxygen atoms in total. The van der Waals surface area contributed by atoms with Gasteiger partial charge in [0.05, 0.1) is 5.41 Å². The quantitative estimate of drug-likeness (QED) is 0.188. The zero-order valence-corrected chi connectivity index (χ0v) is 27.0. The lowest BCUT2D eigenvalue weighted by Gasteiger charge is -2.33. The Morgan fingerprint density at radius 2 is 1.00 bits per heavy atom. The summed E-state index contributed by atoms with van der Waals surface area (Å²) in [4.78, 5) is 15.5. The van der Waals surface area contributed by atoms with E-state index in [1.807, 2.05) is 30.3 Å². The zero-order valence-electron chi connectivity index (χ0n) is 27.0. The summed E-state index contributed by atoms with van der Waals surface area (Å²) in [5.74, 6) is 2.29. The van der Waals surface area contributed by atoms with Gasteiger partial charge in [-0.2, -0.15) is 0 Å². The summed E-state index contributed by atoms with van der Waals surface area (Å²) in [6, 6.07) is 61.7. The summed E-state index contributed by atoms with van der Waals surface area (Å²) >= 11 is 0. The van der Waals surface area contributed by atoms with Crippen LogP contribution in [0.3, 0.4) is 0 Å². The van der Waals surface area contributed by atoms with E-state index in [0.717, 1.165) is 33.0 Å². The molecule has 0 bridgehead atoms. The Morgan fingerprint density at radius 3 is 1.78 bits per heavy atom. The third kappa shape index (κ3) is 4.28. The second-order valence-corrected chi connectivity index (χ2v) is 12.8. The first-order valence-electron chi connectivity index (χ1n) is 16.9. The fourth-order valence-electron chi connectivity index (χ4n) is 7.84. The van der Waals surface area contributed by atoms with Crippen LogP contribution in [0.25, 0.3) is 67.2 Å². The molecule has 0 aliphatic heterocycles.